The Bertz CT molecular complexity index is 869. The number of rotatable bonds is 7. The lowest BCUT2D eigenvalue weighted by Gasteiger charge is -2.45. The van der Waals surface area contributed by atoms with Crippen molar-refractivity contribution in [1.29, 1.82) is 0 Å². The standard InChI is InChI=1S/C22H25F3N2OS/c1-4-12(2)8-19-21(13(3)26-19)29-16-7-5-6-14(9-16)22(28)27-15-10-17(23)20(25)18(24)11-15/h5-7,9-13,19,21,26H,4,8H2,1-3H3,(H,27,28). The van der Waals surface area contributed by atoms with Gasteiger partial charge < -0.3 is 10.6 Å². The molecule has 0 aromatic heterocycles. The van der Waals surface area contributed by atoms with E-state index in [1.807, 2.05) is 6.07 Å². The second kappa shape index (κ2) is 9.22. The molecule has 3 rings (SSSR count). The molecule has 1 saturated heterocycles. The summed E-state index contributed by atoms with van der Waals surface area (Å²) in [7, 11) is 0. The lowest BCUT2D eigenvalue weighted by atomic mass is 9.88. The van der Waals surface area contributed by atoms with E-state index >= 15 is 0 Å². The Kier molecular flexibility index (Phi) is 6.90. The van der Waals surface area contributed by atoms with Gasteiger partial charge in [0.2, 0.25) is 0 Å². The normalized spacial score (nSPS) is 22.1. The predicted molar refractivity (Wildman–Crippen MR) is 111 cm³/mol. The van der Waals surface area contributed by atoms with Crippen molar-refractivity contribution in [3.05, 3.63) is 59.4 Å². The maximum Gasteiger partial charge on any atom is 0.255 e. The highest BCUT2D eigenvalue weighted by Gasteiger charge is 2.38. The van der Waals surface area contributed by atoms with E-state index in [1.165, 1.54) is 0 Å². The average Bonchev–Trinajstić information content (AvgIpc) is 2.70. The largest absolute Gasteiger partial charge is 0.322 e. The molecular weight excluding hydrogens is 397 g/mol. The molecule has 1 aliphatic rings. The van der Waals surface area contributed by atoms with Crippen molar-refractivity contribution in [1.82, 2.24) is 5.32 Å². The third-order valence-corrected chi connectivity index (χ3v) is 6.86. The van der Waals surface area contributed by atoms with Crippen LogP contribution in [-0.4, -0.2) is 23.2 Å². The first-order valence-corrected chi connectivity index (χ1v) is 10.6. The van der Waals surface area contributed by atoms with Gasteiger partial charge in [0.25, 0.3) is 5.91 Å². The van der Waals surface area contributed by atoms with Crippen LogP contribution in [0.3, 0.4) is 0 Å². The molecule has 156 valence electrons. The molecule has 0 saturated carbocycles. The van der Waals surface area contributed by atoms with Crippen LogP contribution in [0.15, 0.2) is 41.3 Å². The summed E-state index contributed by atoms with van der Waals surface area (Å²) in [6.07, 6.45) is 2.25. The zero-order valence-electron chi connectivity index (χ0n) is 16.6. The minimum absolute atomic E-state index is 0.130. The number of carbonyl (C=O) groups is 1. The fraction of sp³-hybridized carbons (Fsp3) is 0.409. The van der Waals surface area contributed by atoms with E-state index in [1.54, 1.807) is 30.0 Å². The summed E-state index contributed by atoms with van der Waals surface area (Å²) < 4.78 is 39.8. The number of anilines is 1. The molecule has 1 heterocycles. The Hall–Kier alpha value is -1.99. The highest BCUT2D eigenvalue weighted by molar-refractivity contribution is 8.00. The van der Waals surface area contributed by atoms with Gasteiger partial charge in [-0.05, 0) is 37.5 Å². The first-order chi connectivity index (χ1) is 13.8. The van der Waals surface area contributed by atoms with Crippen molar-refractivity contribution in [2.45, 2.75) is 55.8 Å². The molecule has 4 unspecified atom stereocenters. The molecule has 0 aliphatic carbocycles. The fourth-order valence-electron chi connectivity index (χ4n) is 3.44. The molecule has 0 radical (unpaired) electrons. The van der Waals surface area contributed by atoms with Gasteiger partial charge in [-0.25, -0.2) is 13.2 Å². The van der Waals surface area contributed by atoms with Gasteiger partial charge in [0.05, 0.1) is 0 Å². The monoisotopic (exact) mass is 422 g/mol. The lowest BCUT2D eigenvalue weighted by molar-refractivity contribution is 0.102. The Morgan fingerprint density at radius 3 is 2.52 bits per heavy atom. The smallest absolute Gasteiger partial charge is 0.255 e. The van der Waals surface area contributed by atoms with E-state index in [-0.39, 0.29) is 5.69 Å². The second-order valence-electron chi connectivity index (χ2n) is 7.63. The number of benzene rings is 2. The third-order valence-electron chi connectivity index (χ3n) is 5.33. The van der Waals surface area contributed by atoms with E-state index in [0.717, 1.165) is 29.9 Å². The highest BCUT2D eigenvalue weighted by atomic mass is 32.2. The van der Waals surface area contributed by atoms with Gasteiger partial charge >= 0.3 is 0 Å². The van der Waals surface area contributed by atoms with Crippen LogP contribution in [0.4, 0.5) is 18.9 Å². The van der Waals surface area contributed by atoms with Crippen molar-refractivity contribution in [2.24, 2.45) is 5.92 Å². The Morgan fingerprint density at radius 1 is 1.21 bits per heavy atom. The number of hydrogen-bond donors (Lipinski definition) is 2. The number of nitrogens with one attached hydrogen (secondary N) is 2. The number of halogens is 3. The Morgan fingerprint density at radius 2 is 1.90 bits per heavy atom. The van der Waals surface area contributed by atoms with Crippen molar-refractivity contribution in [3.8, 4) is 0 Å². The van der Waals surface area contributed by atoms with Gasteiger partial charge in [-0.15, -0.1) is 11.8 Å². The van der Waals surface area contributed by atoms with Crippen molar-refractivity contribution < 1.29 is 18.0 Å². The Balaban J connectivity index is 1.68. The van der Waals surface area contributed by atoms with Crippen LogP contribution < -0.4 is 10.6 Å². The Labute approximate surface area is 173 Å². The van der Waals surface area contributed by atoms with Gasteiger partial charge in [0.15, 0.2) is 17.5 Å². The first-order valence-electron chi connectivity index (χ1n) is 9.77. The van der Waals surface area contributed by atoms with Crippen LogP contribution in [-0.2, 0) is 0 Å². The zero-order valence-corrected chi connectivity index (χ0v) is 17.5. The quantitative estimate of drug-likeness (QED) is 0.570. The molecule has 2 aromatic rings. The van der Waals surface area contributed by atoms with Crippen molar-refractivity contribution >= 4 is 23.4 Å². The van der Waals surface area contributed by atoms with Crippen molar-refractivity contribution in [2.75, 3.05) is 5.32 Å². The second-order valence-corrected chi connectivity index (χ2v) is 8.88. The van der Waals surface area contributed by atoms with Gasteiger partial charge in [-0.3, -0.25) is 4.79 Å². The first kappa shape index (κ1) is 21.7. The van der Waals surface area contributed by atoms with Crippen LogP contribution in [0.2, 0.25) is 0 Å². The molecule has 1 fully saturated rings. The van der Waals surface area contributed by atoms with Crippen LogP contribution >= 0.6 is 11.8 Å². The molecule has 3 nitrogen and oxygen atoms in total. The topological polar surface area (TPSA) is 41.1 Å². The molecular formula is C22H25F3N2OS. The molecule has 0 spiro atoms. The zero-order chi connectivity index (χ0) is 21.1. The van der Waals surface area contributed by atoms with E-state index in [9.17, 15) is 18.0 Å². The molecule has 2 N–H and O–H groups in total. The van der Waals surface area contributed by atoms with Crippen LogP contribution in [0, 0.1) is 23.4 Å². The summed E-state index contributed by atoms with van der Waals surface area (Å²) in [5, 5.41) is 6.40. The number of hydrogen-bond acceptors (Lipinski definition) is 3. The predicted octanol–water partition coefficient (Wildman–Crippen LogP) is 5.61. The van der Waals surface area contributed by atoms with Gasteiger partial charge in [0.1, 0.15) is 0 Å². The van der Waals surface area contributed by atoms with E-state index in [4.69, 9.17) is 0 Å². The van der Waals surface area contributed by atoms with Crippen LogP contribution in [0.25, 0.3) is 0 Å². The summed E-state index contributed by atoms with van der Waals surface area (Å²) in [6, 6.07) is 9.47. The molecule has 1 aliphatic heterocycles. The third kappa shape index (κ3) is 5.14. The minimum atomic E-state index is -1.56. The number of carbonyl (C=O) groups excluding carboxylic acids is 1. The average molecular weight is 423 g/mol. The summed E-state index contributed by atoms with van der Waals surface area (Å²) in [5.41, 5.74) is 0.244. The van der Waals surface area contributed by atoms with Crippen LogP contribution in [0.1, 0.15) is 44.0 Å². The van der Waals surface area contributed by atoms with Crippen LogP contribution in [0.5, 0.6) is 0 Å². The molecule has 1 amide bonds. The molecule has 2 aromatic carbocycles. The van der Waals surface area contributed by atoms with E-state index in [0.29, 0.717) is 28.8 Å². The van der Waals surface area contributed by atoms with Crippen molar-refractivity contribution in [3.63, 3.8) is 0 Å². The summed E-state index contributed by atoms with van der Waals surface area (Å²) in [5.74, 6) is -4.10. The lowest BCUT2D eigenvalue weighted by Crippen LogP contribution is -2.62. The maximum atomic E-state index is 13.4. The molecule has 7 heteroatoms. The molecule has 29 heavy (non-hydrogen) atoms. The number of amides is 1. The summed E-state index contributed by atoms with van der Waals surface area (Å²) in [4.78, 5) is 13.4. The van der Waals surface area contributed by atoms with E-state index in [2.05, 4.69) is 31.4 Å². The van der Waals surface area contributed by atoms with Gasteiger partial charge in [-0.1, -0.05) is 26.3 Å². The highest BCUT2D eigenvalue weighted by Crippen LogP contribution is 2.36. The fourth-order valence-corrected chi connectivity index (χ4v) is 4.75. The van der Waals surface area contributed by atoms with E-state index < -0.39 is 23.4 Å². The molecule has 0 bridgehead atoms. The maximum absolute atomic E-state index is 13.4. The van der Waals surface area contributed by atoms with Gasteiger partial charge in [0, 0.05) is 45.6 Å². The van der Waals surface area contributed by atoms with Gasteiger partial charge in [-0.2, -0.15) is 0 Å². The minimum Gasteiger partial charge on any atom is -0.322 e. The SMILES string of the molecule is CCC(C)CC1NC(C)C1Sc1cccc(C(=O)Nc2cc(F)c(F)c(F)c2)c1. The summed E-state index contributed by atoms with van der Waals surface area (Å²) >= 11 is 1.73. The summed E-state index contributed by atoms with van der Waals surface area (Å²) in [6.45, 7) is 6.59. The molecule has 4 atom stereocenters. The number of thioether (sulfide) groups is 1.